The Kier molecular flexibility index (Phi) is 3.22. The summed E-state index contributed by atoms with van der Waals surface area (Å²) >= 11 is 7.46. The number of methoxy groups -OCH3 is 1. The molecule has 2 aromatic rings. The van der Waals surface area contributed by atoms with Crippen molar-refractivity contribution in [1.29, 1.82) is 0 Å². The lowest BCUT2D eigenvalue weighted by Gasteiger charge is -2.07. The van der Waals surface area contributed by atoms with Gasteiger partial charge in [0.1, 0.15) is 16.5 Å². The van der Waals surface area contributed by atoms with Crippen LogP contribution in [0.2, 0.25) is 5.02 Å². The number of benzene rings is 1. The molecule has 1 aromatic heterocycles. The number of hydrogen-bond donors (Lipinski definition) is 0. The van der Waals surface area contributed by atoms with Crippen molar-refractivity contribution in [2.24, 2.45) is 0 Å². The SMILES string of the molecule is COc1cccc(Cl)c1-c1nc(C=O)cs1. The van der Waals surface area contributed by atoms with E-state index in [2.05, 4.69) is 4.98 Å². The first-order valence-electron chi connectivity index (χ1n) is 4.50. The molecule has 0 spiro atoms. The molecule has 16 heavy (non-hydrogen) atoms. The molecule has 0 aliphatic heterocycles. The molecule has 82 valence electrons. The van der Waals surface area contributed by atoms with Gasteiger partial charge < -0.3 is 4.74 Å². The van der Waals surface area contributed by atoms with Crippen molar-refractivity contribution < 1.29 is 9.53 Å². The Hall–Kier alpha value is -1.39. The lowest BCUT2D eigenvalue weighted by molar-refractivity contribution is 0.111. The van der Waals surface area contributed by atoms with Gasteiger partial charge in [-0.3, -0.25) is 4.79 Å². The molecule has 0 atom stereocenters. The quantitative estimate of drug-likeness (QED) is 0.788. The van der Waals surface area contributed by atoms with Crippen molar-refractivity contribution in [2.75, 3.05) is 7.11 Å². The Morgan fingerprint density at radius 2 is 2.31 bits per heavy atom. The summed E-state index contributed by atoms with van der Waals surface area (Å²) < 4.78 is 5.22. The summed E-state index contributed by atoms with van der Waals surface area (Å²) in [7, 11) is 1.57. The lowest BCUT2D eigenvalue weighted by atomic mass is 10.2. The molecule has 0 aliphatic carbocycles. The van der Waals surface area contributed by atoms with Gasteiger partial charge in [0.05, 0.1) is 17.7 Å². The maximum atomic E-state index is 10.6. The Morgan fingerprint density at radius 1 is 1.50 bits per heavy atom. The molecule has 3 nitrogen and oxygen atoms in total. The van der Waals surface area contributed by atoms with Gasteiger partial charge in [-0.1, -0.05) is 17.7 Å². The molecular weight excluding hydrogens is 246 g/mol. The molecule has 5 heteroatoms. The molecule has 1 aromatic carbocycles. The smallest absolute Gasteiger partial charge is 0.169 e. The van der Waals surface area contributed by atoms with Gasteiger partial charge in [-0.15, -0.1) is 11.3 Å². The number of carbonyl (C=O) groups is 1. The van der Waals surface area contributed by atoms with Gasteiger partial charge in [0, 0.05) is 5.38 Å². The Balaban J connectivity index is 2.57. The van der Waals surface area contributed by atoms with E-state index in [1.807, 2.05) is 6.07 Å². The second kappa shape index (κ2) is 4.63. The number of hydrogen-bond acceptors (Lipinski definition) is 4. The van der Waals surface area contributed by atoms with Crippen LogP contribution in [0.25, 0.3) is 10.6 Å². The van der Waals surface area contributed by atoms with E-state index in [1.54, 1.807) is 24.6 Å². The Labute approximate surface area is 102 Å². The van der Waals surface area contributed by atoms with E-state index >= 15 is 0 Å². The molecule has 0 aliphatic rings. The molecule has 0 amide bonds. The topological polar surface area (TPSA) is 39.2 Å². The molecule has 0 unspecified atom stereocenters. The highest BCUT2D eigenvalue weighted by atomic mass is 35.5. The van der Waals surface area contributed by atoms with Crippen molar-refractivity contribution in [1.82, 2.24) is 4.98 Å². The lowest BCUT2D eigenvalue weighted by Crippen LogP contribution is -1.88. The third-order valence-corrected chi connectivity index (χ3v) is 3.24. The van der Waals surface area contributed by atoms with Gasteiger partial charge >= 0.3 is 0 Å². The fourth-order valence-electron chi connectivity index (χ4n) is 1.34. The van der Waals surface area contributed by atoms with Crippen LogP contribution in [0.15, 0.2) is 23.6 Å². The highest BCUT2D eigenvalue weighted by Gasteiger charge is 2.13. The van der Waals surface area contributed by atoms with Gasteiger partial charge in [-0.05, 0) is 12.1 Å². The zero-order valence-corrected chi connectivity index (χ0v) is 10.0. The Bertz CT molecular complexity index is 524. The summed E-state index contributed by atoms with van der Waals surface area (Å²) in [5.74, 6) is 0.652. The largest absolute Gasteiger partial charge is 0.496 e. The number of nitrogens with zero attached hydrogens (tertiary/aromatic N) is 1. The first-order valence-corrected chi connectivity index (χ1v) is 5.75. The first-order chi connectivity index (χ1) is 7.76. The van der Waals surface area contributed by atoms with E-state index in [0.29, 0.717) is 27.8 Å². The van der Waals surface area contributed by atoms with Crippen molar-refractivity contribution in [2.45, 2.75) is 0 Å². The minimum Gasteiger partial charge on any atom is -0.496 e. The summed E-state index contributed by atoms with van der Waals surface area (Å²) in [4.78, 5) is 14.7. The number of thiazole rings is 1. The van der Waals surface area contributed by atoms with E-state index in [1.165, 1.54) is 11.3 Å². The van der Waals surface area contributed by atoms with Crippen molar-refractivity contribution in [3.63, 3.8) is 0 Å². The molecule has 0 N–H and O–H groups in total. The standard InChI is InChI=1S/C11H8ClNO2S/c1-15-9-4-2-3-8(12)10(9)11-13-7(5-14)6-16-11/h2-6H,1H3. The number of aldehydes is 1. The van der Waals surface area contributed by atoms with Crippen molar-refractivity contribution in [3.8, 4) is 16.3 Å². The van der Waals surface area contributed by atoms with Gasteiger partial charge in [0.25, 0.3) is 0 Å². The minimum atomic E-state index is 0.405. The Morgan fingerprint density at radius 3 is 2.94 bits per heavy atom. The van der Waals surface area contributed by atoms with E-state index in [0.717, 1.165) is 5.56 Å². The number of halogens is 1. The highest BCUT2D eigenvalue weighted by Crippen LogP contribution is 2.37. The van der Waals surface area contributed by atoms with Gasteiger partial charge in [-0.2, -0.15) is 0 Å². The predicted molar refractivity (Wildman–Crippen MR) is 64.5 cm³/mol. The summed E-state index contributed by atoms with van der Waals surface area (Å²) in [6.07, 6.45) is 0.712. The van der Waals surface area contributed by atoms with Crippen LogP contribution in [0.1, 0.15) is 10.5 Å². The number of aromatic nitrogens is 1. The molecular formula is C11H8ClNO2S. The van der Waals surface area contributed by atoms with Gasteiger partial charge in [0.15, 0.2) is 6.29 Å². The zero-order chi connectivity index (χ0) is 11.5. The molecule has 0 saturated heterocycles. The van der Waals surface area contributed by atoms with Crippen LogP contribution in [-0.4, -0.2) is 18.4 Å². The molecule has 2 rings (SSSR count). The van der Waals surface area contributed by atoms with E-state index < -0.39 is 0 Å². The summed E-state index contributed by atoms with van der Waals surface area (Å²) in [6.45, 7) is 0. The zero-order valence-electron chi connectivity index (χ0n) is 8.44. The van der Waals surface area contributed by atoms with Crippen LogP contribution in [-0.2, 0) is 0 Å². The molecule has 1 heterocycles. The first kappa shape index (κ1) is 11.1. The average Bonchev–Trinajstić information content (AvgIpc) is 2.76. The molecule has 0 radical (unpaired) electrons. The fourth-order valence-corrected chi connectivity index (χ4v) is 2.48. The van der Waals surface area contributed by atoms with Gasteiger partial charge in [0.2, 0.25) is 0 Å². The van der Waals surface area contributed by atoms with Crippen molar-refractivity contribution >= 4 is 29.2 Å². The third-order valence-electron chi connectivity index (χ3n) is 2.05. The number of ether oxygens (including phenoxy) is 1. The van der Waals surface area contributed by atoms with E-state index in [-0.39, 0.29) is 0 Å². The average molecular weight is 254 g/mol. The number of carbonyl (C=O) groups excluding carboxylic acids is 1. The van der Waals surface area contributed by atoms with Crippen LogP contribution < -0.4 is 4.74 Å². The molecule has 0 bridgehead atoms. The second-order valence-corrected chi connectivity index (χ2v) is 4.28. The minimum absolute atomic E-state index is 0.405. The third kappa shape index (κ3) is 1.94. The van der Waals surface area contributed by atoms with Crippen LogP contribution in [0, 0.1) is 0 Å². The summed E-state index contributed by atoms with van der Waals surface area (Å²) in [6, 6.07) is 5.38. The normalized spacial score (nSPS) is 10.1. The van der Waals surface area contributed by atoms with Crippen molar-refractivity contribution in [3.05, 3.63) is 34.3 Å². The highest BCUT2D eigenvalue weighted by molar-refractivity contribution is 7.13. The molecule has 0 fully saturated rings. The van der Waals surface area contributed by atoms with Crippen LogP contribution >= 0.6 is 22.9 Å². The van der Waals surface area contributed by atoms with Crippen LogP contribution in [0.4, 0.5) is 0 Å². The maximum Gasteiger partial charge on any atom is 0.169 e. The maximum absolute atomic E-state index is 10.6. The molecule has 0 saturated carbocycles. The fraction of sp³-hybridized carbons (Fsp3) is 0.0909. The number of rotatable bonds is 3. The summed E-state index contributed by atoms with van der Waals surface area (Å²) in [5.41, 5.74) is 1.13. The van der Waals surface area contributed by atoms with E-state index in [9.17, 15) is 4.79 Å². The van der Waals surface area contributed by atoms with E-state index in [4.69, 9.17) is 16.3 Å². The second-order valence-electron chi connectivity index (χ2n) is 3.01. The summed E-state index contributed by atoms with van der Waals surface area (Å²) in [5, 5.41) is 2.93. The van der Waals surface area contributed by atoms with Gasteiger partial charge in [-0.25, -0.2) is 4.98 Å². The monoisotopic (exact) mass is 253 g/mol. The predicted octanol–water partition coefficient (Wildman–Crippen LogP) is 3.28. The van der Waals surface area contributed by atoms with Crippen LogP contribution in [0.5, 0.6) is 5.75 Å². The van der Waals surface area contributed by atoms with Crippen LogP contribution in [0.3, 0.4) is 0 Å².